The number of aromatic amines is 1. The topological polar surface area (TPSA) is 111 Å². The predicted octanol–water partition coefficient (Wildman–Crippen LogP) is 2.72. The van der Waals surface area contributed by atoms with Gasteiger partial charge < -0.3 is 19.8 Å². The van der Waals surface area contributed by atoms with Gasteiger partial charge in [-0.3, -0.25) is 4.79 Å². The van der Waals surface area contributed by atoms with Crippen LogP contribution < -0.4 is 15.6 Å². The lowest BCUT2D eigenvalue weighted by molar-refractivity contribution is -0.141. The molecule has 9 heteroatoms. The zero-order valence-corrected chi connectivity index (χ0v) is 17.9. The second kappa shape index (κ2) is 8.98. The number of esters is 1. The molecule has 0 saturated carbocycles. The van der Waals surface area contributed by atoms with Crippen molar-refractivity contribution in [2.24, 2.45) is 0 Å². The van der Waals surface area contributed by atoms with E-state index in [0.29, 0.717) is 47.1 Å². The molecular weight excluding hydrogens is 386 g/mol. The van der Waals surface area contributed by atoms with Crippen molar-refractivity contribution in [2.45, 2.75) is 46.6 Å². The molecule has 0 saturated heterocycles. The monoisotopic (exact) mass is 413 g/mol. The van der Waals surface area contributed by atoms with E-state index in [9.17, 15) is 9.59 Å². The summed E-state index contributed by atoms with van der Waals surface area (Å²) in [5.74, 6) is 1.30. The molecule has 1 atom stereocenters. The van der Waals surface area contributed by atoms with Crippen molar-refractivity contribution in [1.29, 1.82) is 0 Å². The lowest BCUT2D eigenvalue weighted by atomic mass is 10.1. The van der Waals surface area contributed by atoms with E-state index < -0.39 is 6.04 Å². The van der Waals surface area contributed by atoms with Gasteiger partial charge in [0.2, 0.25) is 0 Å². The first kappa shape index (κ1) is 21.4. The fraction of sp³-hybridized carbons (Fsp3) is 0.429. The molecule has 0 aliphatic carbocycles. The van der Waals surface area contributed by atoms with Crippen molar-refractivity contribution in [2.75, 3.05) is 19.0 Å². The number of methoxy groups -OCH3 is 1. The number of imidazole rings is 1. The zero-order chi connectivity index (χ0) is 21.8. The number of nitrogens with one attached hydrogen (secondary N) is 2. The Kier molecular flexibility index (Phi) is 6.39. The van der Waals surface area contributed by atoms with Crippen molar-refractivity contribution in [1.82, 2.24) is 19.6 Å². The van der Waals surface area contributed by atoms with Gasteiger partial charge in [-0.15, -0.1) is 5.10 Å². The number of hydrogen-bond acceptors (Lipinski definition) is 7. The summed E-state index contributed by atoms with van der Waals surface area (Å²) < 4.78 is 12.1. The highest BCUT2D eigenvalue weighted by molar-refractivity contribution is 5.79. The minimum absolute atomic E-state index is 0.268. The number of carbonyl (C=O) groups excluding carboxylic acids is 1. The van der Waals surface area contributed by atoms with Gasteiger partial charge in [-0.1, -0.05) is 6.92 Å². The Hall–Kier alpha value is -3.36. The lowest BCUT2D eigenvalue weighted by Crippen LogP contribution is -2.27. The van der Waals surface area contributed by atoms with Crippen LogP contribution in [0.4, 0.5) is 5.69 Å². The van der Waals surface area contributed by atoms with Crippen LogP contribution in [0.25, 0.3) is 16.9 Å². The molecule has 9 nitrogen and oxygen atoms in total. The molecule has 0 fully saturated rings. The Bertz CT molecular complexity index is 1120. The summed E-state index contributed by atoms with van der Waals surface area (Å²) >= 11 is 0. The smallest absolute Gasteiger partial charge is 0.327 e. The number of benzene rings is 1. The first-order valence-electron chi connectivity index (χ1n) is 9.99. The highest BCUT2D eigenvalue weighted by atomic mass is 16.5. The number of anilines is 1. The summed E-state index contributed by atoms with van der Waals surface area (Å²) in [6.45, 7) is 7.90. The van der Waals surface area contributed by atoms with Crippen molar-refractivity contribution >= 4 is 17.2 Å². The van der Waals surface area contributed by atoms with Crippen molar-refractivity contribution in [3.63, 3.8) is 0 Å². The number of ether oxygens (including phenoxy) is 2. The molecule has 0 unspecified atom stereocenters. The highest BCUT2D eigenvalue weighted by Crippen LogP contribution is 2.31. The first-order valence-corrected chi connectivity index (χ1v) is 9.99. The van der Waals surface area contributed by atoms with Gasteiger partial charge >= 0.3 is 5.97 Å². The molecule has 2 aromatic heterocycles. The first-order chi connectivity index (χ1) is 14.4. The van der Waals surface area contributed by atoms with E-state index in [1.54, 1.807) is 36.6 Å². The van der Waals surface area contributed by atoms with E-state index in [4.69, 9.17) is 9.47 Å². The van der Waals surface area contributed by atoms with E-state index >= 15 is 0 Å². The van der Waals surface area contributed by atoms with E-state index in [-0.39, 0.29) is 11.5 Å². The maximum atomic E-state index is 12.8. The van der Waals surface area contributed by atoms with E-state index in [1.165, 1.54) is 7.11 Å². The summed E-state index contributed by atoms with van der Waals surface area (Å²) in [6, 6.07) is 4.83. The van der Waals surface area contributed by atoms with Crippen LogP contribution in [0.5, 0.6) is 5.75 Å². The molecule has 0 aliphatic heterocycles. The molecule has 1 aromatic carbocycles. The van der Waals surface area contributed by atoms with Crippen LogP contribution in [0, 0.1) is 6.92 Å². The number of aryl methyl sites for hydroxylation is 2. The minimum Gasteiger partial charge on any atom is -0.493 e. The summed E-state index contributed by atoms with van der Waals surface area (Å²) in [4.78, 5) is 31.9. The molecular formula is C21H27N5O4. The van der Waals surface area contributed by atoms with Crippen molar-refractivity contribution < 1.29 is 14.3 Å². The number of rotatable bonds is 8. The molecule has 0 amide bonds. The molecule has 30 heavy (non-hydrogen) atoms. The Morgan fingerprint density at radius 3 is 2.77 bits per heavy atom. The Morgan fingerprint density at radius 2 is 2.10 bits per heavy atom. The van der Waals surface area contributed by atoms with Crippen LogP contribution in [-0.2, 0) is 16.0 Å². The van der Waals surface area contributed by atoms with E-state index in [0.717, 1.165) is 12.2 Å². The van der Waals surface area contributed by atoms with Crippen LogP contribution in [-0.4, -0.2) is 45.3 Å². The zero-order valence-electron chi connectivity index (χ0n) is 17.9. The van der Waals surface area contributed by atoms with Gasteiger partial charge in [0, 0.05) is 12.1 Å². The van der Waals surface area contributed by atoms with E-state index in [2.05, 4.69) is 27.3 Å². The standard InChI is InChI=1S/C21H27N5O4/c1-6-8-17-23-12(3)18-20(27)24-19(25-26(17)18)15-11-14(9-10-16(15)30-7-2)22-13(4)21(28)29-5/h9-11,13,22H,6-8H2,1-5H3,(H,24,25,27)/t13-/m0/s1. The predicted molar refractivity (Wildman–Crippen MR) is 114 cm³/mol. The molecule has 0 radical (unpaired) electrons. The van der Waals surface area contributed by atoms with Gasteiger partial charge in [0.1, 0.15) is 17.6 Å². The van der Waals surface area contributed by atoms with Crippen LogP contribution in [0.2, 0.25) is 0 Å². The fourth-order valence-corrected chi connectivity index (χ4v) is 3.31. The summed E-state index contributed by atoms with van der Waals surface area (Å²) in [7, 11) is 1.34. The van der Waals surface area contributed by atoms with Gasteiger partial charge in [0.15, 0.2) is 11.3 Å². The molecule has 0 spiro atoms. The van der Waals surface area contributed by atoms with Gasteiger partial charge in [0.05, 0.1) is 25.0 Å². The molecule has 2 N–H and O–H groups in total. The number of nitrogens with zero attached hydrogens (tertiary/aromatic N) is 3. The second-order valence-electron chi connectivity index (χ2n) is 6.96. The summed E-state index contributed by atoms with van der Waals surface area (Å²) in [5, 5.41) is 7.75. The van der Waals surface area contributed by atoms with Gasteiger partial charge in [-0.2, -0.15) is 0 Å². The Labute approximate surface area is 174 Å². The molecule has 2 heterocycles. The molecule has 3 rings (SSSR count). The SMILES string of the molecule is CCCc1nc(C)c2c(=O)[nH]c(-c3cc(N[C@@H](C)C(=O)OC)ccc3OCC)nn12. The third kappa shape index (κ3) is 4.14. The van der Waals surface area contributed by atoms with Gasteiger partial charge in [-0.05, 0) is 45.4 Å². The molecule has 0 aliphatic rings. The van der Waals surface area contributed by atoms with Crippen LogP contribution in [0.15, 0.2) is 23.0 Å². The highest BCUT2D eigenvalue weighted by Gasteiger charge is 2.18. The van der Waals surface area contributed by atoms with E-state index in [1.807, 2.05) is 6.92 Å². The summed E-state index contributed by atoms with van der Waals surface area (Å²) in [5.41, 5.74) is 2.09. The fourth-order valence-electron chi connectivity index (χ4n) is 3.31. The molecule has 3 aromatic rings. The summed E-state index contributed by atoms with van der Waals surface area (Å²) in [6.07, 6.45) is 1.60. The quantitative estimate of drug-likeness (QED) is 0.546. The molecule has 160 valence electrons. The second-order valence-corrected chi connectivity index (χ2v) is 6.96. The number of fused-ring (bicyclic) bond motifs is 1. The maximum absolute atomic E-state index is 12.8. The average Bonchev–Trinajstić information content (AvgIpc) is 3.04. The molecule has 0 bridgehead atoms. The average molecular weight is 413 g/mol. The van der Waals surface area contributed by atoms with Gasteiger partial charge in [0.25, 0.3) is 5.56 Å². The Balaban J connectivity index is 2.13. The Morgan fingerprint density at radius 1 is 1.33 bits per heavy atom. The largest absolute Gasteiger partial charge is 0.493 e. The number of aromatic nitrogens is 4. The number of hydrogen-bond donors (Lipinski definition) is 2. The normalized spacial score (nSPS) is 12.0. The maximum Gasteiger partial charge on any atom is 0.327 e. The number of carbonyl (C=O) groups is 1. The lowest BCUT2D eigenvalue weighted by Gasteiger charge is -2.16. The third-order valence-corrected chi connectivity index (χ3v) is 4.69. The van der Waals surface area contributed by atoms with Gasteiger partial charge in [-0.25, -0.2) is 14.3 Å². The number of H-pyrrole nitrogens is 1. The third-order valence-electron chi connectivity index (χ3n) is 4.69. The van der Waals surface area contributed by atoms with Crippen LogP contribution in [0.3, 0.4) is 0 Å². The van der Waals surface area contributed by atoms with Crippen molar-refractivity contribution in [3.05, 3.63) is 40.1 Å². The van der Waals surface area contributed by atoms with Crippen LogP contribution >= 0.6 is 0 Å². The van der Waals surface area contributed by atoms with Crippen molar-refractivity contribution in [3.8, 4) is 17.1 Å². The van der Waals surface area contributed by atoms with Crippen LogP contribution in [0.1, 0.15) is 38.7 Å². The minimum atomic E-state index is -0.539.